The van der Waals surface area contributed by atoms with Crippen LogP contribution in [0.2, 0.25) is 5.02 Å². The summed E-state index contributed by atoms with van der Waals surface area (Å²) in [5, 5.41) is 10.2. The topological polar surface area (TPSA) is 72.8 Å². The van der Waals surface area contributed by atoms with E-state index in [9.17, 15) is 14.7 Å². The maximum atomic E-state index is 12.1. The Balaban J connectivity index is 1.60. The Labute approximate surface area is 262 Å². The molecule has 0 amide bonds. The van der Waals surface area contributed by atoms with Crippen molar-refractivity contribution >= 4 is 23.5 Å². The molecule has 1 atom stereocenters. The highest BCUT2D eigenvalue weighted by molar-refractivity contribution is 6.35. The number of unbranched alkanes of at least 4 members (excludes halogenated alkanes) is 9. The van der Waals surface area contributed by atoms with Crippen LogP contribution in [0.15, 0.2) is 60.7 Å². The van der Waals surface area contributed by atoms with Crippen molar-refractivity contribution in [2.75, 3.05) is 6.61 Å². The number of carboxylic acid groups (broad SMARTS) is 1. The van der Waals surface area contributed by atoms with Crippen molar-refractivity contribution in [1.82, 2.24) is 0 Å². The Morgan fingerprint density at radius 3 is 1.84 bits per heavy atom. The molecule has 232 valence electrons. The van der Waals surface area contributed by atoms with Crippen LogP contribution in [0, 0.1) is 5.92 Å². The fourth-order valence-corrected chi connectivity index (χ4v) is 5.38. The Kier molecular flexibility index (Phi) is 14.6. The number of carboxylic acids is 1. The summed E-state index contributed by atoms with van der Waals surface area (Å²) in [4.78, 5) is 24.2. The van der Waals surface area contributed by atoms with Gasteiger partial charge >= 0.3 is 11.9 Å². The van der Waals surface area contributed by atoms with Crippen molar-refractivity contribution in [3.05, 3.63) is 71.2 Å². The molecule has 0 radical (unpaired) electrons. The highest BCUT2D eigenvalue weighted by Gasteiger charge is 2.19. The predicted octanol–water partition coefficient (Wildman–Crippen LogP) is 11.0. The quantitative estimate of drug-likeness (QED) is 0.0834. The highest BCUT2D eigenvalue weighted by Crippen LogP contribution is 2.39. The summed E-state index contributed by atoms with van der Waals surface area (Å²) in [6.07, 6.45) is 13.8. The maximum Gasteiger partial charge on any atom is 0.336 e. The standard InChI is InChI=1S/C37H47ClO5/c1-4-6-7-8-9-10-11-12-13-14-25-42-33-24-23-32(37(40)41)35(36(33)38)30-17-15-28(16-18-30)29-19-21-31(22-20-29)43-34(39)26-27(3)5-2/h15-24,27H,4-14,25-26H2,1-3H3,(H,40,41)/t27-/m0/s1. The lowest BCUT2D eigenvalue weighted by molar-refractivity contribution is -0.135. The van der Waals surface area contributed by atoms with Crippen molar-refractivity contribution in [3.8, 4) is 33.8 Å². The Bertz CT molecular complexity index is 1280. The molecule has 6 heteroatoms. The number of hydrogen-bond acceptors (Lipinski definition) is 4. The molecule has 0 aromatic heterocycles. The van der Waals surface area contributed by atoms with Crippen molar-refractivity contribution in [2.24, 2.45) is 5.92 Å². The first kappa shape index (κ1) is 34.2. The fraction of sp³-hybridized carbons (Fsp3) is 0.459. The van der Waals surface area contributed by atoms with Gasteiger partial charge in [0.25, 0.3) is 0 Å². The molecule has 43 heavy (non-hydrogen) atoms. The summed E-state index contributed by atoms with van der Waals surface area (Å²) in [7, 11) is 0. The number of carbonyl (C=O) groups is 2. The first-order valence-electron chi connectivity index (χ1n) is 15.9. The zero-order valence-electron chi connectivity index (χ0n) is 26.0. The molecule has 0 saturated heterocycles. The third-order valence-corrected chi connectivity index (χ3v) is 8.27. The molecule has 0 aliphatic rings. The SMILES string of the molecule is CCCCCCCCCCCCOc1ccc(C(=O)O)c(-c2ccc(-c3ccc(OC(=O)C[C@@H](C)CC)cc3)cc2)c1Cl. The minimum atomic E-state index is -1.04. The fourth-order valence-electron chi connectivity index (χ4n) is 5.05. The molecule has 3 aromatic rings. The van der Waals surface area contributed by atoms with E-state index in [1.807, 2.05) is 43.3 Å². The van der Waals surface area contributed by atoms with E-state index in [1.165, 1.54) is 51.4 Å². The average Bonchev–Trinajstić information content (AvgIpc) is 3.00. The van der Waals surface area contributed by atoms with Crippen molar-refractivity contribution in [3.63, 3.8) is 0 Å². The minimum Gasteiger partial charge on any atom is -0.492 e. The second-order valence-corrected chi connectivity index (χ2v) is 11.8. The molecule has 0 fully saturated rings. The number of esters is 1. The van der Waals surface area contributed by atoms with Crippen LogP contribution in [0.3, 0.4) is 0 Å². The van der Waals surface area contributed by atoms with Gasteiger partial charge in [-0.1, -0.05) is 133 Å². The van der Waals surface area contributed by atoms with E-state index in [0.717, 1.165) is 30.4 Å². The molecular formula is C37H47ClO5. The number of benzene rings is 3. The molecule has 0 saturated carbocycles. The van der Waals surface area contributed by atoms with E-state index in [2.05, 4.69) is 13.8 Å². The molecule has 0 bridgehead atoms. The van der Waals surface area contributed by atoms with Crippen LogP contribution in [0.5, 0.6) is 11.5 Å². The number of ether oxygens (including phenoxy) is 2. The minimum absolute atomic E-state index is 0.132. The molecule has 0 heterocycles. The third kappa shape index (κ3) is 11.0. The van der Waals surface area contributed by atoms with E-state index in [4.69, 9.17) is 21.1 Å². The molecule has 0 aliphatic heterocycles. The van der Waals surface area contributed by atoms with Gasteiger partial charge in [0.05, 0.1) is 17.2 Å². The van der Waals surface area contributed by atoms with Gasteiger partial charge in [0.1, 0.15) is 11.5 Å². The van der Waals surface area contributed by atoms with Gasteiger partial charge in [0.2, 0.25) is 0 Å². The lowest BCUT2D eigenvalue weighted by Crippen LogP contribution is -2.11. The van der Waals surface area contributed by atoms with E-state index >= 15 is 0 Å². The monoisotopic (exact) mass is 606 g/mol. The summed E-state index contributed by atoms with van der Waals surface area (Å²) >= 11 is 6.75. The van der Waals surface area contributed by atoms with Gasteiger partial charge in [0.15, 0.2) is 0 Å². The van der Waals surface area contributed by atoms with Gasteiger partial charge in [-0.05, 0) is 53.3 Å². The van der Waals surface area contributed by atoms with E-state index in [0.29, 0.717) is 40.7 Å². The van der Waals surface area contributed by atoms with Gasteiger partial charge < -0.3 is 14.6 Å². The molecule has 0 spiro atoms. The first-order valence-corrected chi connectivity index (χ1v) is 16.3. The molecule has 1 N–H and O–H groups in total. The Hall–Kier alpha value is -3.31. The van der Waals surface area contributed by atoms with Crippen LogP contribution in [0.4, 0.5) is 0 Å². The summed E-state index contributed by atoms with van der Waals surface area (Å²) in [5.74, 6) is 0.0338. The van der Waals surface area contributed by atoms with E-state index < -0.39 is 5.97 Å². The normalized spacial score (nSPS) is 11.7. The lowest BCUT2D eigenvalue weighted by atomic mass is 9.96. The van der Waals surface area contributed by atoms with Crippen LogP contribution in [0.25, 0.3) is 22.3 Å². The zero-order chi connectivity index (χ0) is 31.0. The van der Waals surface area contributed by atoms with Crippen molar-refractivity contribution < 1.29 is 24.2 Å². The second-order valence-electron chi connectivity index (χ2n) is 11.4. The largest absolute Gasteiger partial charge is 0.492 e. The Morgan fingerprint density at radius 1 is 0.744 bits per heavy atom. The predicted molar refractivity (Wildman–Crippen MR) is 176 cm³/mol. The molecular weight excluding hydrogens is 560 g/mol. The summed E-state index contributed by atoms with van der Waals surface area (Å²) in [6, 6.07) is 18.2. The van der Waals surface area contributed by atoms with Crippen molar-refractivity contribution in [1.29, 1.82) is 0 Å². The van der Waals surface area contributed by atoms with Gasteiger partial charge in [-0.25, -0.2) is 4.79 Å². The zero-order valence-corrected chi connectivity index (χ0v) is 26.8. The van der Waals surface area contributed by atoms with Crippen LogP contribution >= 0.6 is 11.6 Å². The highest BCUT2D eigenvalue weighted by atomic mass is 35.5. The average molecular weight is 607 g/mol. The van der Waals surface area contributed by atoms with Gasteiger partial charge in [-0.2, -0.15) is 0 Å². The van der Waals surface area contributed by atoms with Crippen molar-refractivity contribution in [2.45, 2.75) is 97.8 Å². The number of carbonyl (C=O) groups excluding carboxylic acids is 1. The maximum absolute atomic E-state index is 12.1. The second kappa shape index (κ2) is 18.4. The number of aromatic carboxylic acids is 1. The first-order chi connectivity index (χ1) is 20.8. The number of halogens is 1. The van der Waals surface area contributed by atoms with E-state index in [1.54, 1.807) is 24.3 Å². The van der Waals surface area contributed by atoms with Gasteiger partial charge in [-0.3, -0.25) is 4.79 Å². The van der Waals surface area contributed by atoms with Crippen LogP contribution < -0.4 is 9.47 Å². The summed E-state index contributed by atoms with van der Waals surface area (Å²) in [6.45, 7) is 6.87. The third-order valence-electron chi connectivity index (χ3n) is 7.90. The Morgan fingerprint density at radius 2 is 1.28 bits per heavy atom. The molecule has 3 rings (SSSR count). The van der Waals surface area contributed by atoms with E-state index in [-0.39, 0.29) is 17.5 Å². The molecule has 5 nitrogen and oxygen atoms in total. The van der Waals surface area contributed by atoms with Gasteiger partial charge in [-0.15, -0.1) is 0 Å². The summed E-state index contributed by atoms with van der Waals surface area (Å²) in [5.41, 5.74) is 3.18. The van der Waals surface area contributed by atoms with Gasteiger partial charge in [0, 0.05) is 12.0 Å². The molecule has 3 aromatic carbocycles. The molecule has 0 aliphatic carbocycles. The lowest BCUT2D eigenvalue weighted by Gasteiger charge is -2.15. The van der Waals surface area contributed by atoms with Crippen LogP contribution in [0.1, 0.15) is 108 Å². The summed E-state index contributed by atoms with van der Waals surface area (Å²) < 4.78 is 11.5. The van der Waals surface area contributed by atoms with Crippen LogP contribution in [-0.4, -0.2) is 23.7 Å². The number of rotatable bonds is 19. The molecule has 0 unspecified atom stereocenters. The van der Waals surface area contributed by atoms with Crippen LogP contribution in [-0.2, 0) is 4.79 Å². The number of hydrogen-bond donors (Lipinski definition) is 1. The smallest absolute Gasteiger partial charge is 0.336 e.